The van der Waals surface area contributed by atoms with Gasteiger partial charge in [0.25, 0.3) is 0 Å². The fourth-order valence-corrected chi connectivity index (χ4v) is 3.68. The Kier molecular flexibility index (Phi) is 5.27. The predicted octanol–water partition coefficient (Wildman–Crippen LogP) is 1.04. The van der Waals surface area contributed by atoms with E-state index in [2.05, 4.69) is 0 Å². The van der Waals surface area contributed by atoms with Gasteiger partial charge in [0.05, 0.1) is 12.0 Å². The van der Waals surface area contributed by atoms with E-state index in [1.54, 1.807) is 4.90 Å². The summed E-state index contributed by atoms with van der Waals surface area (Å²) in [5.74, 6) is -1.86. The number of hydrogen-bond donors (Lipinski definition) is 1. The molecule has 0 aliphatic carbocycles. The summed E-state index contributed by atoms with van der Waals surface area (Å²) in [5.41, 5.74) is 2.16. The van der Waals surface area contributed by atoms with Gasteiger partial charge in [0.15, 0.2) is 0 Å². The van der Waals surface area contributed by atoms with Crippen LogP contribution in [0.15, 0.2) is 24.3 Å². The van der Waals surface area contributed by atoms with Gasteiger partial charge in [0, 0.05) is 39.6 Å². The first-order valence-corrected chi connectivity index (χ1v) is 8.78. The van der Waals surface area contributed by atoms with Crippen LogP contribution in [0, 0.1) is 12.8 Å². The van der Waals surface area contributed by atoms with Gasteiger partial charge >= 0.3 is 5.97 Å². The number of hydrogen-bond acceptors (Lipinski definition) is 4. The summed E-state index contributed by atoms with van der Waals surface area (Å²) in [7, 11) is 1.51. The zero-order chi connectivity index (χ0) is 18.8. The van der Waals surface area contributed by atoms with Crippen molar-refractivity contribution in [3.63, 3.8) is 0 Å². The molecular weight excluding hydrogens is 336 g/mol. The molecule has 26 heavy (non-hydrogen) atoms. The van der Waals surface area contributed by atoms with Crippen molar-refractivity contribution in [1.82, 2.24) is 9.80 Å². The van der Waals surface area contributed by atoms with Gasteiger partial charge in [-0.15, -0.1) is 0 Å². The average Bonchev–Trinajstić information content (AvgIpc) is 3.20. The van der Waals surface area contributed by atoms with Gasteiger partial charge in [0.2, 0.25) is 11.8 Å². The molecule has 1 aromatic rings. The lowest BCUT2D eigenvalue weighted by Crippen LogP contribution is -2.44. The topological polar surface area (TPSA) is 87.1 Å². The summed E-state index contributed by atoms with van der Waals surface area (Å²) in [6, 6.07) is 7.05. The summed E-state index contributed by atoms with van der Waals surface area (Å²) in [4.78, 5) is 39.7. The first-order chi connectivity index (χ1) is 12.4. The number of likely N-dealkylation sites (tertiary alicyclic amines) is 2. The summed E-state index contributed by atoms with van der Waals surface area (Å²) in [5, 5.41) is 9.38. The van der Waals surface area contributed by atoms with E-state index in [9.17, 15) is 19.5 Å². The van der Waals surface area contributed by atoms with E-state index in [1.165, 1.54) is 12.0 Å². The van der Waals surface area contributed by atoms with E-state index in [0.717, 1.165) is 11.1 Å². The van der Waals surface area contributed by atoms with Crippen LogP contribution in [0.4, 0.5) is 0 Å². The van der Waals surface area contributed by atoms with E-state index in [-0.39, 0.29) is 37.3 Å². The number of aliphatic carboxylic acids is 1. The molecular formula is C19H24N2O5. The molecule has 2 fully saturated rings. The van der Waals surface area contributed by atoms with Crippen molar-refractivity contribution in [3.8, 4) is 0 Å². The average molecular weight is 360 g/mol. The zero-order valence-corrected chi connectivity index (χ0v) is 15.1. The number of benzene rings is 1. The molecule has 2 aliphatic rings. The second kappa shape index (κ2) is 7.45. The van der Waals surface area contributed by atoms with Crippen molar-refractivity contribution in [1.29, 1.82) is 0 Å². The van der Waals surface area contributed by atoms with Crippen molar-refractivity contribution in [2.75, 3.05) is 20.2 Å². The minimum Gasteiger partial charge on any atom is -0.480 e. The van der Waals surface area contributed by atoms with Crippen LogP contribution in [0.25, 0.3) is 0 Å². The van der Waals surface area contributed by atoms with E-state index < -0.39 is 17.9 Å². The monoisotopic (exact) mass is 360 g/mol. The molecule has 2 aliphatic heterocycles. The van der Waals surface area contributed by atoms with Gasteiger partial charge in [-0.05, 0) is 12.5 Å². The number of carboxylic acid groups (broad SMARTS) is 1. The molecule has 7 heteroatoms. The van der Waals surface area contributed by atoms with Crippen LogP contribution in [-0.2, 0) is 25.7 Å². The standard InChI is InChI=1S/C19H24N2O5/c1-12-3-5-13(6-4-12)9-20-10-14(7-17(20)22)18(23)21-11-15(26-2)8-16(21)19(24)25/h3-6,14-16H,7-11H2,1-2H3,(H,24,25). The minimum absolute atomic E-state index is 0.0710. The molecule has 140 valence electrons. The third-order valence-electron chi connectivity index (χ3n) is 5.22. The molecule has 1 N–H and O–H groups in total. The SMILES string of the molecule is COC1CC(C(=O)O)N(C(=O)C2CC(=O)N(Cc3ccc(C)cc3)C2)C1. The molecule has 3 rings (SSSR count). The molecule has 1 aromatic carbocycles. The maximum Gasteiger partial charge on any atom is 0.326 e. The third kappa shape index (κ3) is 3.72. The Balaban J connectivity index is 1.66. The lowest BCUT2D eigenvalue weighted by atomic mass is 10.1. The summed E-state index contributed by atoms with van der Waals surface area (Å²) in [6.07, 6.45) is 0.136. The van der Waals surface area contributed by atoms with Crippen molar-refractivity contribution in [2.45, 2.75) is 38.5 Å². The Bertz CT molecular complexity index is 702. The maximum absolute atomic E-state index is 12.8. The second-order valence-corrected chi connectivity index (χ2v) is 7.10. The van der Waals surface area contributed by atoms with Crippen LogP contribution in [0.5, 0.6) is 0 Å². The fourth-order valence-electron chi connectivity index (χ4n) is 3.68. The van der Waals surface area contributed by atoms with E-state index in [4.69, 9.17) is 4.74 Å². The Morgan fingerprint density at radius 2 is 1.92 bits per heavy atom. The third-order valence-corrected chi connectivity index (χ3v) is 5.22. The Morgan fingerprint density at radius 3 is 2.54 bits per heavy atom. The van der Waals surface area contributed by atoms with Crippen LogP contribution in [-0.4, -0.2) is 65.0 Å². The molecule has 0 spiro atoms. The molecule has 3 unspecified atom stereocenters. The van der Waals surface area contributed by atoms with E-state index >= 15 is 0 Å². The lowest BCUT2D eigenvalue weighted by Gasteiger charge is -2.24. The number of amides is 2. The molecule has 2 heterocycles. The molecule has 0 bridgehead atoms. The van der Waals surface area contributed by atoms with Crippen molar-refractivity contribution in [3.05, 3.63) is 35.4 Å². The highest BCUT2D eigenvalue weighted by Crippen LogP contribution is 2.27. The van der Waals surface area contributed by atoms with Crippen LogP contribution >= 0.6 is 0 Å². The maximum atomic E-state index is 12.8. The van der Waals surface area contributed by atoms with Gasteiger partial charge in [-0.1, -0.05) is 29.8 Å². The van der Waals surface area contributed by atoms with Gasteiger partial charge in [-0.25, -0.2) is 4.79 Å². The molecule has 7 nitrogen and oxygen atoms in total. The van der Waals surface area contributed by atoms with Crippen LogP contribution in [0.1, 0.15) is 24.0 Å². The highest BCUT2D eigenvalue weighted by molar-refractivity contribution is 5.91. The summed E-state index contributed by atoms with van der Waals surface area (Å²) < 4.78 is 5.23. The Morgan fingerprint density at radius 1 is 1.23 bits per heavy atom. The van der Waals surface area contributed by atoms with Crippen molar-refractivity contribution in [2.24, 2.45) is 5.92 Å². The number of carbonyl (C=O) groups is 3. The van der Waals surface area contributed by atoms with Gasteiger partial charge in [0.1, 0.15) is 6.04 Å². The van der Waals surface area contributed by atoms with Crippen LogP contribution in [0.2, 0.25) is 0 Å². The van der Waals surface area contributed by atoms with E-state index in [0.29, 0.717) is 13.1 Å². The molecule has 2 amide bonds. The van der Waals surface area contributed by atoms with Gasteiger partial charge in [-0.2, -0.15) is 0 Å². The van der Waals surface area contributed by atoms with Crippen molar-refractivity contribution < 1.29 is 24.2 Å². The van der Waals surface area contributed by atoms with Crippen LogP contribution < -0.4 is 0 Å². The normalized spacial score (nSPS) is 25.8. The lowest BCUT2D eigenvalue weighted by molar-refractivity contribution is -0.149. The molecule has 2 saturated heterocycles. The number of ether oxygens (including phenoxy) is 1. The van der Waals surface area contributed by atoms with Gasteiger partial charge in [-0.3, -0.25) is 9.59 Å². The van der Waals surface area contributed by atoms with Crippen molar-refractivity contribution >= 4 is 17.8 Å². The highest BCUT2D eigenvalue weighted by Gasteiger charge is 2.44. The molecule has 0 radical (unpaired) electrons. The largest absolute Gasteiger partial charge is 0.480 e. The molecule has 0 saturated carbocycles. The van der Waals surface area contributed by atoms with Gasteiger partial charge < -0.3 is 19.6 Å². The first-order valence-electron chi connectivity index (χ1n) is 8.78. The number of nitrogens with zero attached hydrogens (tertiary/aromatic N) is 2. The highest BCUT2D eigenvalue weighted by atomic mass is 16.5. The second-order valence-electron chi connectivity index (χ2n) is 7.10. The number of rotatable bonds is 5. The van der Waals surface area contributed by atoms with Crippen LogP contribution in [0.3, 0.4) is 0 Å². The number of methoxy groups -OCH3 is 1. The smallest absolute Gasteiger partial charge is 0.326 e. The predicted molar refractivity (Wildman–Crippen MR) is 93.3 cm³/mol. The molecule has 3 atom stereocenters. The fraction of sp³-hybridized carbons (Fsp3) is 0.526. The Hall–Kier alpha value is -2.41. The number of aryl methyl sites for hydroxylation is 1. The number of carbonyl (C=O) groups excluding carboxylic acids is 2. The number of carboxylic acids is 1. The van der Waals surface area contributed by atoms with E-state index in [1.807, 2.05) is 31.2 Å². The first kappa shape index (κ1) is 18.4. The molecule has 0 aromatic heterocycles. The quantitative estimate of drug-likeness (QED) is 0.848. The summed E-state index contributed by atoms with van der Waals surface area (Å²) in [6.45, 7) is 3.05. The zero-order valence-electron chi connectivity index (χ0n) is 15.1. The summed E-state index contributed by atoms with van der Waals surface area (Å²) >= 11 is 0. The minimum atomic E-state index is -1.03. The Labute approximate surface area is 152 Å².